The molecule has 0 aliphatic heterocycles. The van der Waals surface area contributed by atoms with Crippen LogP contribution in [0.15, 0.2) is 24.3 Å². The fourth-order valence-corrected chi connectivity index (χ4v) is 3.15. The first kappa shape index (κ1) is 27.3. The zero-order chi connectivity index (χ0) is 25.1. The van der Waals surface area contributed by atoms with Gasteiger partial charge < -0.3 is 25.4 Å². The minimum atomic E-state index is -1.12. The largest absolute Gasteiger partial charge is 0.508 e. The fourth-order valence-electron chi connectivity index (χ4n) is 3.15. The molecule has 0 spiro atoms. The number of hydrogen-bond acceptors (Lipinski definition) is 5. The molecule has 2 unspecified atom stereocenters. The molecule has 2 atom stereocenters. The molecule has 0 aliphatic rings. The molecule has 0 saturated heterocycles. The summed E-state index contributed by atoms with van der Waals surface area (Å²) in [6, 6.07) is 4.33. The van der Waals surface area contributed by atoms with Gasteiger partial charge in [0.25, 0.3) is 0 Å². The summed E-state index contributed by atoms with van der Waals surface area (Å²) in [5.41, 5.74) is -1.81. The molecule has 0 heterocycles. The van der Waals surface area contributed by atoms with Crippen LogP contribution in [0, 0.1) is 0 Å². The first-order chi connectivity index (χ1) is 14.3. The lowest BCUT2D eigenvalue weighted by atomic mass is 9.94. The van der Waals surface area contributed by atoms with Crippen LogP contribution in [0.5, 0.6) is 5.75 Å². The Balaban J connectivity index is 3.44. The summed E-state index contributed by atoms with van der Waals surface area (Å²) in [6.45, 7) is 17.6. The van der Waals surface area contributed by atoms with Gasteiger partial charge in [0.05, 0.1) is 0 Å². The second kappa shape index (κ2) is 9.79. The summed E-state index contributed by atoms with van der Waals surface area (Å²) in [6.07, 6.45) is -0.731. The zero-order valence-corrected chi connectivity index (χ0v) is 21.0. The molecular formula is C24H39N3O5. The van der Waals surface area contributed by atoms with Crippen molar-refractivity contribution in [2.45, 2.75) is 98.0 Å². The standard InChI is InChI=1S/C24H39N3O5/c1-15(25-21(31)32-24(8,9)10)20(30)27(23(5,6)7)18(19(29)26-22(2,3)4)16-13-11-12-14-17(16)28/h11-15,18,28H,1-10H3,(H,25,31)(H,26,29). The number of para-hydroxylation sites is 1. The highest BCUT2D eigenvalue weighted by Crippen LogP contribution is 2.34. The average Bonchev–Trinajstić information content (AvgIpc) is 2.55. The molecule has 3 N–H and O–H groups in total. The van der Waals surface area contributed by atoms with Crippen molar-refractivity contribution >= 4 is 17.9 Å². The van der Waals surface area contributed by atoms with Gasteiger partial charge in [-0.2, -0.15) is 0 Å². The maximum absolute atomic E-state index is 13.6. The van der Waals surface area contributed by atoms with Crippen molar-refractivity contribution in [2.75, 3.05) is 0 Å². The number of phenols is 1. The lowest BCUT2D eigenvalue weighted by Gasteiger charge is -2.43. The van der Waals surface area contributed by atoms with E-state index >= 15 is 0 Å². The van der Waals surface area contributed by atoms with Crippen molar-refractivity contribution in [3.8, 4) is 5.75 Å². The lowest BCUT2D eigenvalue weighted by Crippen LogP contribution is -2.59. The van der Waals surface area contributed by atoms with Gasteiger partial charge in [0.15, 0.2) is 0 Å². The number of nitrogens with one attached hydrogen (secondary N) is 2. The van der Waals surface area contributed by atoms with Crippen LogP contribution >= 0.6 is 0 Å². The Morgan fingerprint density at radius 2 is 1.50 bits per heavy atom. The van der Waals surface area contributed by atoms with Crippen molar-refractivity contribution in [1.29, 1.82) is 0 Å². The summed E-state index contributed by atoms with van der Waals surface area (Å²) < 4.78 is 5.26. The van der Waals surface area contributed by atoms with E-state index in [-0.39, 0.29) is 5.75 Å². The van der Waals surface area contributed by atoms with Gasteiger partial charge in [-0.1, -0.05) is 18.2 Å². The third-order valence-electron chi connectivity index (χ3n) is 4.30. The van der Waals surface area contributed by atoms with Crippen molar-refractivity contribution in [3.05, 3.63) is 29.8 Å². The number of ether oxygens (including phenoxy) is 1. The van der Waals surface area contributed by atoms with E-state index in [1.807, 2.05) is 20.8 Å². The molecular weight excluding hydrogens is 410 g/mol. The van der Waals surface area contributed by atoms with Gasteiger partial charge in [0, 0.05) is 16.6 Å². The van der Waals surface area contributed by atoms with Crippen LogP contribution in [-0.4, -0.2) is 50.6 Å². The topological polar surface area (TPSA) is 108 Å². The predicted molar refractivity (Wildman–Crippen MR) is 124 cm³/mol. The van der Waals surface area contributed by atoms with Crippen LogP contribution in [0.25, 0.3) is 0 Å². The molecule has 8 nitrogen and oxygen atoms in total. The zero-order valence-electron chi connectivity index (χ0n) is 21.0. The molecule has 0 fully saturated rings. The minimum Gasteiger partial charge on any atom is -0.508 e. The predicted octanol–water partition coefficient (Wildman–Crippen LogP) is 3.89. The Kier molecular flexibility index (Phi) is 8.34. The van der Waals surface area contributed by atoms with Crippen LogP contribution in [0.4, 0.5) is 4.79 Å². The van der Waals surface area contributed by atoms with E-state index in [4.69, 9.17) is 4.74 Å². The molecule has 1 rings (SSSR count). The molecule has 1 aromatic carbocycles. The quantitative estimate of drug-likeness (QED) is 0.632. The molecule has 180 valence electrons. The van der Waals surface area contributed by atoms with Crippen molar-refractivity contribution in [3.63, 3.8) is 0 Å². The summed E-state index contributed by atoms with van der Waals surface area (Å²) in [4.78, 5) is 40.6. The number of rotatable bonds is 5. The summed E-state index contributed by atoms with van der Waals surface area (Å²) >= 11 is 0. The minimum absolute atomic E-state index is 0.101. The second-order valence-corrected chi connectivity index (χ2v) is 10.9. The lowest BCUT2D eigenvalue weighted by molar-refractivity contribution is -0.148. The number of carbonyl (C=O) groups is 3. The Bertz CT molecular complexity index is 831. The second-order valence-electron chi connectivity index (χ2n) is 10.9. The average molecular weight is 450 g/mol. The summed E-state index contributed by atoms with van der Waals surface area (Å²) in [5, 5.41) is 16.0. The highest BCUT2D eigenvalue weighted by molar-refractivity contribution is 5.93. The van der Waals surface area contributed by atoms with Gasteiger partial charge in [-0.05, 0) is 75.3 Å². The Hall–Kier alpha value is -2.77. The molecule has 8 heteroatoms. The van der Waals surface area contributed by atoms with Crippen molar-refractivity contribution in [2.24, 2.45) is 0 Å². The maximum Gasteiger partial charge on any atom is 0.408 e. The highest BCUT2D eigenvalue weighted by atomic mass is 16.6. The van der Waals surface area contributed by atoms with Gasteiger partial charge in [-0.3, -0.25) is 9.59 Å². The van der Waals surface area contributed by atoms with E-state index in [0.717, 1.165) is 0 Å². The van der Waals surface area contributed by atoms with Gasteiger partial charge >= 0.3 is 6.09 Å². The molecule has 0 radical (unpaired) electrons. The number of amides is 3. The third-order valence-corrected chi connectivity index (χ3v) is 4.30. The third kappa shape index (κ3) is 8.05. The first-order valence-electron chi connectivity index (χ1n) is 10.8. The SMILES string of the molecule is CC(NC(=O)OC(C)(C)C)C(=O)N(C(C(=O)NC(C)(C)C)c1ccccc1O)C(C)(C)C. The van der Waals surface area contributed by atoms with Gasteiger partial charge in [0.2, 0.25) is 11.8 Å². The highest BCUT2D eigenvalue weighted by Gasteiger charge is 2.42. The Morgan fingerprint density at radius 1 is 0.969 bits per heavy atom. The van der Waals surface area contributed by atoms with E-state index in [0.29, 0.717) is 5.56 Å². The van der Waals surface area contributed by atoms with Crippen molar-refractivity contribution in [1.82, 2.24) is 15.5 Å². The number of nitrogens with zero attached hydrogens (tertiary/aromatic N) is 1. The Morgan fingerprint density at radius 3 is 1.94 bits per heavy atom. The van der Waals surface area contributed by atoms with Crippen LogP contribution in [0.3, 0.4) is 0 Å². The van der Waals surface area contributed by atoms with E-state index in [1.165, 1.54) is 17.9 Å². The van der Waals surface area contributed by atoms with E-state index in [9.17, 15) is 19.5 Å². The smallest absolute Gasteiger partial charge is 0.408 e. The van der Waals surface area contributed by atoms with Crippen LogP contribution in [-0.2, 0) is 14.3 Å². The molecule has 0 aliphatic carbocycles. The molecule has 1 aromatic rings. The van der Waals surface area contributed by atoms with Crippen LogP contribution < -0.4 is 10.6 Å². The number of phenolic OH excluding ortho intramolecular Hbond substituents is 1. The van der Waals surface area contributed by atoms with Crippen LogP contribution in [0.1, 0.15) is 80.8 Å². The number of aromatic hydroxyl groups is 1. The monoisotopic (exact) mass is 449 g/mol. The number of carbonyl (C=O) groups excluding carboxylic acids is 3. The fraction of sp³-hybridized carbons (Fsp3) is 0.625. The Labute approximate surface area is 191 Å². The summed E-state index contributed by atoms with van der Waals surface area (Å²) in [5.74, 6) is -1.02. The van der Waals surface area contributed by atoms with Gasteiger partial charge in [0.1, 0.15) is 23.4 Å². The molecule has 3 amide bonds. The van der Waals surface area contributed by atoms with Crippen molar-refractivity contribution < 1.29 is 24.2 Å². The van der Waals surface area contributed by atoms with Gasteiger partial charge in [-0.25, -0.2) is 4.79 Å². The van der Waals surface area contributed by atoms with E-state index < -0.39 is 46.7 Å². The van der Waals surface area contributed by atoms with E-state index in [2.05, 4.69) is 10.6 Å². The van der Waals surface area contributed by atoms with E-state index in [1.54, 1.807) is 59.7 Å². The van der Waals surface area contributed by atoms with Gasteiger partial charge in [-0.15, -0.1) is 0 Å². The number of hydrogen-bond donors (Lipinski definition) is 3. The maximum atomic E-state index is 13.6. The van der Waals surface area contributed by atoms with Crippen LogP contribution in [0.2, 0.25) is 0 Å². The molecule has 32 heavy (non-hydrogen) atoms. The molecule has 0 saturated carbocycles. The number of alkyl carbamates (subject to hydrolysis) is 1. The first-order valence-corrected chi connectivity index (χ1v) is 10.8. The normalized spacial score (nSPS) is 14.2. The summed E-state index contributed by atoms with van der Waals surface area (Å²) in [7, 11) is 0. The molecule has 0 bridgehead atoms. The number of benzene rings is 1. The molecule has 0 aromatic heterocycles.